The molecule has 19 heavy (non-hydrogen) atoms. The number of hydrogen-bond donors (Lipinski definition) is 1. The summed E-state index contributed by atoms with van der Waals surface area (Å²) >= 11 is 1.02. The van der Waals surface area contributed by atoms with Crippen LogP contribution in [0.3, 0.4) is 0 Å². The van der Waals surface area contributed by atoms with Crippen LogP contribution in [0.25, 0.3) is 10.6 Å². The van der Waals surface area contributed by atoms with E-state index in [0.717, 1.165) is 16.9 Å². The maximum atomic E-state index is 13.8. The number of carbonyl (C=O) groups is 1. The molecule has 0 saturated carbocycles. The molecule has 0 aliphatic heterocycles. The molecule has 0 aliphatic carbocycles. The van der Waals surface area contributed by atoms with E-state index in [4.69, 9.17) is 0 Å². The number of aromatic carboxylic acids is 1. The van der Waals surface area contributed by atoms with Crippen LogP contribution in [0.15, 0.2) is 18.2 Å². The second-order valence-electron chi connectivity index (χ2n) is 4.68. The van der Waals surface area contributed by atoms with E-state index >= 15 is 0 Å². The van der Waals surface area contributed by atoms with Gasteiger partial charge in [0.05, 0.1) is 5.69 Å². The van der Waals surface area contributed by atoms with Crippen molar-refractivity contribution in [3.05, 3.63) is 40.2 Å². The summed E-state index contributed by atoms with van der Waals surface area (Å²) in [4.78, 5) is 15.7. The lowest BCUT2D eigenvalue weighted by atomic mass is 10.1. The van der Waals surface area contributed by atoms with Crippen LogP contribution in [0.2, 0.25) is 0 Å². The van der Waals surface area contributed by atoms with Crippen molar-refractivity contribution in [1.29, 1.82) is 0 Å². The highest BCUT2D eigenvalue weighted by molar-refractivity contribution is 7.17. The van der Waals surface area contributed by atoms with Gasteiger partial charge >= 0.3 is 5.97 Å². The predicted octanol–water partition coefficient (Wildman–Crippen LogP) is 4.08. The van der Waals surface area contributed by atoms with Gasteiger partial charge in [-0.25, -0.2) is 14.2 Å². The first-order chi connectivity index (χ1) is 8.90. The SMILES string of the molecule is Cc1ccc(F)c(-c2nc(C(C)C)c(C(=O)O)s2)c1. The van der Waals surface area contributed by atoms with Crippen molar-refractivity contribution in [3.8, 4) is 10.6 Å². The van der Waals surface area contributed by atoms with E-state index in [-0.39, 0.29) is 16.6 Å². The zero-order chi connectivity index (χ0) is 14.2. The zero-order valence-electron chi connectivity index (χ0n) is 10.9. The molecule has 0 saturated heterocycles. The number of carboxylic acids is 1. The molecule has 3 nitrogen and oxygen atoms in total. The van der Waals surface area contributed by atoms with Crippen LogP contribution in [0.4, 0.5) is 4.39 Å². The Balaban J connectivity index is 2.60. The highest BCUT2D eigenvalue weighted by Crippen LogP contribution is 2.33. The van der Waals surface area contributed by atoms with Crippen LogP contribution in [-0.4, -0.2) is 16.1 Å². The minimum atomic E-state index is -1.01. The summed E-state index contributed by atoms with van der Waals surface area (Å²) in [6.07, 6.45) is 0. The summed E-state index contributed by atoms with van der Waals surface area (Å²) in [5.74, 6) is -1.41. The normalized spacial score (nSPS) is 11.0. The van der Waals surface area contributed by atoms with Gasteiger partial charge in [0.1, 0.15) is 15.7 Å². The third kappa shape index (κ3) is 2.66. The Kier molecular flexibility index (Phi) is 3.66. The average molecular weight is 279 g/mol. The van der Waals surface area contributed by atoms with E-state index in [1.807, 2.05) is 20.8 Å². The summed E-state index contributed by atoms with van der Waals surface area (Å²) in [7, 11) is 0. The molecule has 1 aromatic carbocycles. The topological polar surface area (TPSA) is 50.2 Å². The van der Waals surface area contributed by atoms with Crippen LogP contribution in [0.1, 0.15) is 40.7 Å². The van der Waals surface area contributed by atoms with Crippen LogP contribution in [-0.2, 0) is 0 Å². The van der Waals surface area contributed by atoms with Gasteiger partial charge in [-0.15, -0.1) is 11.3 Å². The molecule has 1 aromatic heterocycles. The Morgan fingerprint density at radius 1 is 1.42 bits per heavy atom. The summed E-state index contributed by atoms with van der Waals surface area (Å²) < 4.78 is 13.8. The van der Waals surface area contributed by atoms with Gasteiger partial charge < -0.3 is 5.11 Å². The van der Waals surface area contributed by atoms with Crippen LogP contribution in [0.5, 0.6) is 0 Å². The maximum Gasteiger partial charge on any atom is 0.347 e. The van der Waals surface area contributed by atoms with Gasteiger partial charge in [0.2, 0.25) is 0 Å². The lowest BCUT2D eigenvalue weighted by Gasteiger charge is -2.01. The minimum Gasteiger partial charge on any atom is -0.477 e. The second kappa shape index (κ2) is 5.09. The number of hydrogen-bond acceptors (Lipinski definition) is 3. The smallest absolute Gasteiger partial charge is 0.347 e. The van der Waals surface area contributed by atoms with Gasteiger partial charge in [0.15, 0.2) is 0 Å². The van der Waals surface area contributed by atoms with Gasteiger partial charge in [0, 0.05) is 5.56 Å². The maximum absolute atomic E-state index is 13.8. The van der Waals surface area contributed by atoms with Crippen molar-refractivity contribution in [2.75, 3.05) is 0 Å². The fraction of sp³-hybridized carbons (Fsp3) is 0.286. The summed E-state index contributed by atoms with van der Waals surface area (Å²) in [5, 5.41) is 9.59. The lowest BCUT2D eigenvalue weighted by molar-refractivity contribution is 0.0700. The Labute approximate surface area is 114 Å². The molecule has 0 spiro atoms. The monoisotopic (exact) mass is 279 g/mol. The van der Waals surface area contributed by atoms with Crippen molar-refractivity contribution in [2.24, 2.45) is 0 Å². The number of carboxylic acid groups (broad SMARTS) is 1. The minimum absolute atomic E-state index is 0.0102. The molecule has 100 valence electrons. The molecule has 2 aromatic rings. The molecule has 0 aliphatic rings. The lowest BCUT2D eigenvalue weighted by Crippen LogP contribution is -2.00. The Morgan fingerprint density at radius 3 is 2.63 bits per heavy atom. The number of aromatic nitrogens is 1. The quantitative estimate of drug-likeness (QED) is 0.921. The standard InChI is InChI=1S/C14H14FNO2S/c1-7(2)11-12(14(17)18)19-13(16-11)9-6-8(3)4-5-10(9)15/h4-7H,1-3H3,(H,17,18). The number of thiazole rings is 1. The van der Waals surface area contributed by atoms with Crippen molar-refractivity contribution in [1.82, 2.24) is 4.98 Å². The summed E-state index contributed by atoms with van der Waals surface area (Å²) in [5.41, 5.74) is 1.78. The molecule has 0 fully saturated rings. The van der Waals surface area contributed by atoms with Gasteiger partial charge in [-0.1, -0.05) is 25.5 Å². The van der Waals surface area contributed by atoms with Crippen molar-refractivity contribution in [3.63, 3.8) is 0 Å². The first kappa shape index (κ1) is 13.7. The van der Waals surface area contributed by atoms with E-state index in [9.17, 15) is 14.3 Å². The highest BCUT2D eigenvalue weighted by atomic mass is 32.1. The van der Waals surface area contributed by atoms with E-state index in [0.29, 0.717) is 16.3 Å². The molecule has 2 rings (SSSR count). The Bertz CT molecular complexity index is 634. The first-order valence-corrected chi connectivity index (χ1v) is 6.72. The Hall–Kier alpha value is -1.75. The molecule has 0 bridgehead atoms. The Morgan fingerprint density at radius 2 is 2.11 bits per heavy atom. The molecule has 1 N–H and O–H groups in total. The fourth-order valence-corrected chi connectivity index (χ4v) is 2.87. The molecule has 1 heterocycles. The van der Waals surface area contributed by atoms with E-state index in [1.54, 1.807) is 12.1 Å². The van der Waals surface area contributed by atoms with E-state index in [2.05, 4.69) is 4.98 Å². The third-order valence-corrected chi connectivity index (χ3v) is 3.84. The summed E-state index contributed by atoms with van der Waals surface area (Å²) in [6.45, 7) is 5.60. The largest absolute Gasteiger partial charge is 0.477 e. The van der Waals surface area contributed by atoms with Crippen LogP contribution >= 0.6 is 11.3 Å². The van der Waals surface area contributed by atoms with Crippen molar-refractivity contribution in [2.45, 2.75) is 26.7 Å². The van der Waals surface area contributed by atoms with Gasteiger partial charge in [0.25, 0.3) is 0 Å². The molecule has 0 atom stereocenters. The molecular weight excluding hydrogens is 265 g/mol. The molecular formula is C14H14FNO2S. The zero-order valence-corrected chi connectivity index (χ0v) is 11.7. The van der Waals surface area contributed by atoms with Crippen LogP contribution < -0.4 is 0 Å². The van der Waals surface area contributed by atoms with E-state index < -0.39 is 5.97 Å². The number of benzene rings is 1. The third-order valence-electron chi connectivity index (χ3n) is 2.75. The van der Waals surface area contributed by atoms with Gasteiger partial charge in [-0.05, 0) is 25.0 Å². The van der Waals surface area contributed by atoms with Gasteiger partial charge in [-0.2, -0.15) is 0 Å². The van der Waals surface area contributed by atoms with Gasteiger partial charge in [-0.3, -0.25) is 0 Å². The highest BCUT2D eigenvalue weighted by Gasteiger charge is 2.21. The predicted molar refractivity (Wildman–Crippen MR) is 73.3 cm³/mol. The molecule has 0 amide bonds. The van der Waals surface area contributed by atoms with Crippen LogP contribution in [0, 0.1) is 12.7 Å². The van der Waals surface area contributed by atoms with Crippen molar-refractivity contribution >= 4 is 17.3 Å². The molecule has 0 radical (unpaired) electrons. The molecule has 0 unspecified atom stereocenters. The van der Waals surface area contributed by atoms with Crippen molar-refractivity contribution < 1.29 is 14.3 Å². The number of aryl methyl sites for hydroxylation is 1. The molecule has 5 heteroatoms. The second-order valence-corrected chi connectivity index (χ2v) is 5.68. The first-order valence-electron chi connectivity index (χ1n) is 5.90. The number of nitrogens with zero attached hydrogens (tertiary/aromatic N) is 1. The average Bonchev–Trinajstić information content (AvgIpc) is 2.77. The number of halogens is 1. The van der Waals surface area contributed by atoms with E-state index in [1.165, 1.54) is 6.07 Å². The number of rotatable bonds is 3. The fourth-order valence-electron chi connectivity index (χ4n) is 1.79. The summed E-state index contributed by atoms with van der Waals surface area (Å²) in [6, 6.07) is 4.74.